The summed E-state index contributed by atoms with van der Waals surface area (Å²) < 4.78 is 11.1. The van der Waals surface area contributed by atoms with Crippen molar-refractivity contribution in [2.45, 2.75) is 24.9 Å². The molecule has 2 N–H and O–H groups in total. The number of benzene rings is 2. The zero-order valence-corrected chi connectivity index (χ0v) is 16.4. The molecule has 1 heterocycles. The van der Waals surface area contributed by atoms with E-state index in [9.17, 15) is 5.11 Å². The lowest BCUT2D eigenvalue weighted by atomic mass is 10.1. The van der Waals surface area contributed by atoms with Gasteiger partial charge in [0.05, 0.1) is 31.0 Å². The molecule has 6 nitrogen and oxygen atoms in total. The Morgan fingerprint density at radius 2 is 1.76 bits per heavy atom. The van der Waals surface area contributed by atoms with Crippen LogP contribution in [0.2, 0.25) is 0 Å². The summed E-state index contributed by atoms with van der Waals surface area (Å²) in [5, 5.41) is 27.7. The van der Waals surface area contributed by atoms with Crippen molar-refractivity contribution in [1.82, 2.24) is 0 Å². The van der Waals surface area contributed by atoms with Crippen molar-refractivity contribution >= 4 is 17.8 Å². The van der Waals surface area contributed by atoms with Crippen molar-refractivity contribution in [2.75, 3.05) is 31.7 Å². The van der Waals surface area contributed by atoms with Crippen LogP contribution in [0, 0.1) is 11.3 Å². The van der Waals surface area contributed by atoms with Gasteiger partial charge in [0, 0.05) is 25.7 Å². The Morgan fingerprint density at radius 3 is 2.31 bits per heavy atom. The molecule has 1 unspecified atom stereocenters. The van der Waals surface area contributed by atoms with Crippen molar-refractivity contribution in [1.29, 1.82) is 5.26 Å². The third-order valence-electron chi connectivity index (χ3n) is 4.94. The van der Waals surface area contributed by atoms with Crippen molar-refractivity contribution in [3.05, 3.63) is 65.2 Å². The second kappa shape index (κ2) is 10.2. The molecule has 0 saturated carbocycles. The number of hydrogen-bond acceptors (Lipinski definition) is 6. The molecule has 0 amide bonds. The average molecular weight is 394 g/mol. The summed E-state index contributed by atoms with van der Waals surface area (Å²) >= 11 is 0. The first kappa shape index (κ1) is 21.0. The average Bonchev–Trinajstić information content (AvgIpc) is 3.12. The highest BCUT2D eigenvalue weighted by atomic mass is 16.7. The molecule has 152 valence electrons. The summed E-state index contributed by atoms with van der Waals surface area (Å²) in [5.74, 6) is 0. The first-order chi connectivity index (χ1) is 14.1. The van der Waals surface area contributed by atoms with E-state index in [2.05, 4.69) is 35.2 Å². The number of aliphatic hydroxyl groups is 2. The zero-order chi connectivity index (χ0) is 20.6. The van der Waals surface area contributed by atoms with Gasteiger partial charge in [0.2, 0.25) is 0 Å². The second-order valence-corrected chi connectivity index (χ2v) is 7.04. The van der Waals surface area contributed by atoms with Gasteiger partial charge in [-0.3, -0.25) is 0 Å². The van der Waals surface area contributed by atoms with Crippen LogP contribution in [0.3, 0.4) is 0 Å². The third kappa shape index (κ3) is 5.89. The summed E-state index contributed by atoms with van der Waals surface area (Å²) in [4.78, 5) is 2.09. The van der Waals surface area contributed by atoms with Gasteiger partial charge >= 0.3 is 0 Å². The first-order valence-electron chi connectivity index (χ1n) is 9.64. The van der Waals surface area contributed by atoms with Crippen LogP contribution in [-0.2, 0) is 9.47 Å². The summed E-state index contributed by atoms with van der Waals surface area (Å²) in [6.07, 6.45) is 2.74. The van der Waals surface area contributed by atoms with Gasteiger partial charge in [0.1, 0.15) is 6.10 Å². The summed E-state index contributed by atoms with van der Waals surface area (Å²) in [7, 11) is 1.99. The summed E-state index contributed by atoms with van der Waals surface area (Å²) in [6, 6.07) is 17.8. The Balaban J connectivity index is 1.46. The van der Waals surface area contributed by atoms with Crippen LogP contribution in [0.1, 0.15) is 23.1 Å². The fourth-order valence-electron chi connectivity index (χ4n) is 3.11. The molecule has 1 aliphatic heterocycles. The van der Waals surface area contributed by atoms with Gasteiger partial charge in [-0.1, -0.05) is 36.4 Å². The zero-order valence-electron chi connectivity index (χ0n) is 16.4. The van der Waals surface area contributed by atoms with E-state index in [4.69, 9.17) is 19.8 Å². The standard InChI is InChI=1S/C23H26N2O4/c1-25(12-13-28-23-14-21(27)22(16-26)29-23)20-10-8-18(9-11-20)3-2-17-4-6-19(15-24)7-5-17/h2-11,21-23,26-27H,12-14,16H2,1H3/b3-2+/t21-,22+,23?/m0/s1. The lowest BCUT2D eigenvalue weighted by Crippen LogP contribution is -2.26. The van der Waals surface area contributed by atoms with Crippen LogP contribution in [0.4, 0.5) is 5.69 Å². The van der Waals surface area contributed by atoms with Crippen molar-refractivity contribution < 1.29 is 19.7 Å². The second-order valence-electron chi connectivity index (χ2n) is 7.04. The Morgan fingerprint density at radius 1 is 1.14 bits per heavy atom. The van der Waals surface area contributed by atoms with Gasteiger partial charge in [-0.25, -0.2) is 0 Å². The number of hydrogen-bond donors (Lipinski definition) is 2. The maximum Gasteiger partial charge on any atom is 0.160 e. The van der Waals surface area contributed by atoms with Crippen molar-refractivity contribution in [2.24, 2.45) is 0 Å². The number of likely N-dealkylation sites (N-methyl/N-ethyl adjacent to an activating group) is 1. The topological polar surface area (TPSA) is 86.0 Å². The Hall–Kier alpha value is -2.69. The van der Waals surface area contributed by atoms with Crippen molar-refractivity contribution in [3.63, 3.8) is 0 Å². The SMILES string of the molecule is CN(CCOC1C[C@H](O)[C@@H](CO)O1)c1ccc(/C=C/c2ccc(C#N)cc2)cc1. The highest BCUT2D eigenvalue weighted by molar-refractivity contribution is 5.70. The molecule has 2 aromatic carbocycles. The molecule has 0 aliphatic carbocycles. The largest absolute Gasteiger partial charge is 0.394 e. The van der Waals surface area contributed by atoms with E-state index < -0.39 is 18.5 Å². The summed E-state index contributed by atoms with van der Waals surface area (Å²) in [5.41, 5.74) is 3.86. The van der Waals surface area contributed by atoms with Gasteiger partial charge in [0.15, 0.2) is 6.29 Å². The molecule has 1 saturated heterocycles. The highest BCUT2D eigenvalue weighted by Crippen LogP contribution is 2.21. The highest BCUT2D eigenvalue weighted by Gasteiger charge is 2.33. The smallest absolute Gasteiger partial charge is 0.160 e. The van der Waals surface area contributed by atoms with Crippen LogP contribution in [-0.4, -0.2) is 55.5 Å². The minimum absolute atomic E-state index is 0.201. The van der Waals surface area contributed by atoms with Crippen LogP contribution >= 0.6 is 0 Å². The van der Waals surface area contributed by atoms with Gasteiger partial charge in [-0.15, -0.1) is 0 Å². The van der Waals surface area contributed by atoms with Crippen LogP contribution in [0.5, 0.6) is 0 Å². The molecule has 0 radical (unpaired) electrons. The molecule has 0 bridgehead atoms. The van der Waals surface area contributed by atoms with Gasteiger partial charge < -0.3 is 24.6 Å². The number of rotatable bonds is 8. The fraction of sp³-hybridized carbons (Fsp3) is 0.348. The lowest BCUT2D eigenvalue weighted by Gasteiger charge is -2.21. The van der Waals surface area contributed by atoms with Crippen LogP contribution < -0.4 is 4.90 Å². The van der Waals surface area contributed by atoms with E-state index in [0.717, 1.165) is 16.8 Å². The molecule has 0 spiro atoms. The Labute approximate surface area is 171 Å². The molecule has 1 fully saturated rings. The van der Waals surface area contributed by atoms with Crippen LogP contribution in [0.15, 0.2) is 48.5 Å². The van der Waals surface area contributed by atoms with Gasteiger partial charge in [-0.2, -0.15) is 5.26 Å². The molecular formula is C23H26N2O4. The minimum Gasteiger partial charge on any atom is -0.394 e. The van der Waals surface area contributed by atoms with Crippen molar-refractivity contribution in [3.8, 4) is 6.07 Å². The normalized spacial score (nSPS) is 21.4. The molecule has 3 atom stereocenters. The minimum atomic E-state index is -0.674. The van der Waals surface area contributed by atoms with E-state index in [1.807, 2.05) is 31.3 Å². The quantitative estimate of drug-likeness (QED) is 0.670. The maximum absolute atomic E-state index is 9.72. The van der Waals surface area contributed by atoms with E-state index in [-0.39, 0.29) is 6.61 Å². The van der Waals surface area contributed by atoms with Gasteiger partial charge in [0.25, 0.3) is 0 Å². The number of nitrogens with zero attached hydrogens (tertiary/aromatic N) is 2. The van der Waals surface area contributed by atoms with E-state index in [1.165, 1.54) is 0 Å². The van der Waals surface area contributed by atoms with Gasteiger partial charge in [-0.05, 0) is 35.4 Å². The number of anilines is 1. The molecule has 3 rings (SSSR count). The Bertz CT molecular complexity index is 843. The van der Waals surface area contributed by atoms with E-state index in [1.54, 1.807) is 12.1 Å². The lowest BCUT2D eigenvalue weighted by molar-refractivity contribution is -0.141. The number of aliphatic hydroxyl groups excluding tert-OH is 2. The molecular weight excluding hydrogens is 368 g/mol. The number of ether oxygens (including phenoxy) is 2. The number of nitriles is 1. The molecule has 1 aliphatic rings. The van der Waals surface area contributed by atoms with Crippen LogP contribution in [0.25, 0.3) is 12.2 Å². The fourth-order valence-corrected chi connectivity index (χ4v) is 3.11. The monoisotopic (exact) mass is 394 g/mol. The third-order valence-corrected chi connectivity index (χ3v) is 4.94. The first-order valence-corrected chi connectivity index (χ1v) is 9.64. The predicted octanol–water partition coefficient (Wildman–Crippen LogP) is 2.65. The molecule has 0 aromatic heterocycles. The molecule has 29 heavy (non-hydrogen) atoms. The van der Waals surface area contributed by atoms with E-state index in [0.29, 0.717) is 25.1 Å². The summed E-state index contributed by atoms with van der Waals surface area (Å²) in [6.45, 7) is 0.944. The Kier molecular flexibility index (Phi) is 7.39. The molecule has 2 aromatic rings. The predicted molar refractivity (Wildman–Crippen MR) is 112 cm³/mol. The molecule has 6 heteroatoms. The van der Waals surface area contributed by atoms with E-state index >= 15 is 0 Å². The maximum atomic E-state index is 9.72.